The Morgan fingerprint density at radius 2 is 0.579 bits per heavy atom. The predicted octanol–water partition coefficient (Wildman–Crippen LogP) is 33.4. The van der Waals surface area contributed by atoms with Crippen LogP contribution in [-0.2, 0) is 90.9 Å². The van der Waals surface area contributed by atoms with Crippen molar-refractivity contribution in [3.05, 3.63) is 432 Å². The first kappa shape index (κ1) is 100. The van der Waals surface area contributed by atoms with Gasteiger partial charge in [0.05, 0.1) is 0 Å². The van der Waals surface area contributed by atoms with Crippen LogP contribution in [0.5, 0.6) is 23.0 Å². The quantitative estimate of drug-likeness (QED) is 0.0836. The van der Waals surface area contributed by atoms with Crippen molar-refractivity contribution in [1.82, 2.24) is 19.1 Å². The Morgan fingerprint density at radius 3 is 0.936 bits per heavy atom. The molecule has 0 aliphatic carbocycles. The number of rotatable bonds is 17. The smallest absolute Gasteiger partial charge is 0.135 e. The van der Waals surface area contributed by atoms with Crippen LogP contribution >= 0.6 is 0 Å². The van der Waals surface area contributed by atoms with Crippen LogP contribution in [0.15, 0.2) is 322 Å². The number of hydrogen-bond acceptors (Lipinski definition) is 8. The van der Waals surface area contributed by atoms with Gasteiger partial charge in [-0.1, -0.05) is 372 Å². The van der Waals surface area contributed by atoms with Crippen LogP contribution < -0.4 is 29.1 Å². The van der Waals surface area contributed by atoms with Gasteiger partial charge in [-0.05, 0) is 194 Å². The molecule has 12 heteroatoms. The first-order chi connectivity index (χ1) is 65.3. The molecule has 19 rings (SSSR count). The third-order valence-electron chi connectivity index (χ3n) is 27.6. The molecule has 0 radical (unpaired) electrons. The Bertz CT molecular complexity index is 7420. The van der Waals surface area contributed by atoms with E-state index in [4.69, 9.17) is 19.4 Å². The molecule has 0 bridgehead atoms. The van der Waals surface area contributed by atoms with Gasteiger partial charge in [-0.3, -0.25) is 0 Å². The van der Waals surface area contributed by atoms with Crippen molar-refractivity contribution in [2.45, 2.75) is 222 Å². The van der Waals surface area contributed by atoms with Gasteiger partial charge in [-0.25, -0.2) is 9.97 Å². The summed E-state index contributed by atoms with van der Waals surface area (Å²) in [4.78, 5) is 19.1. The molecule has 0 spiro atoms. The maximum atomic E-state index is 6.98. The number of aromatic nitrogens is 4. The zero-order chi connectivity index (χ0) is 97.7. The summed E-state index contributed by atoms with van der Waals surface area (Å²) in [6.45, 7) is 61.2. The largest absolute Gasteiger partial charge is 0.509 e. The van der Waals surface area contributed by atoms with E-state index in [0.29, 0.717) is 23.0 Å². The molecule has 6 heterocycles. The van der Waals surface area contributed by atoms with Crippen molar-refractivity contribution in [2.24, 2.45) is 0 Å². The van der Waals surface area contributed by atoms with Gasteiger partial charge in [-0.2, -0.15) is 12.1 Å². The molecule has 0 saturated carbocycles. The second kappa shape index (κ2) is 38.4. The zero-order valence-corrected chi connectivity index (χ0v) is 90.3. The van der Waals surface area contributed by atoms with Crippen molar-refractivity contribution >= 4 is 77.8 Å². The van der Waals surface area contributed by atoms with Crippen LogP contribution in [0.4, 0.5) is 22.7 Å². The SMILES string of the molecule is CC(C)(C)c1cc(Oc2[c-]c3c(cc2)c2cc(-c4ccccc4)ccc2n3-c2cc(C(C)(C)c3ccccc3)ccn2)[c-]c(N2[CH-]N(c3cc(C(C)(C)C)cc(C(C)(C)C)c3)C=C2c2ccccc2)c1.CC(C)(C)c1cc(Oc2[c-]c3c(cc2)c2cc(C(C)(C)C)ccc2n3-c2cc(C(C)(C)c3ccccc3)ccn2)[c-]c(N2[CH-]N(c3cc(C(C)(C)C)cc(C(C)(C)C)c3)C=C2c2ccccc2)c1.[Pt].[Pt]. The monoisotopic (exact) mass is 2200 g/mol. The van der Waals surface area contributed by atoms with Crippen LogP contribution in [0.3, 0.4) is 0 Å². The van der Waals surface area contributed by atoms with Gasteiger partial charge >= 0.3 is 0 Å². The second-order valence-electron chi connectivity index (χ2n) is 45.7. The summed E-state index contributed by atoms with van der Waals surface area (Å²) in [7, 11) is 0. The maximum absolute atomic E-state index is 6.98. The van der Waals surface area contributed by atoms with Gasteiger partial charge in [0.1, 0.15) is 11.6 Å². The molecule has 720 valence electrons. The first-order valence-corrected chi connectivity index (χ1v) is 48.6. The summed E-state index contributed by atoms with van der Waals surface area (Å²) in [5.41, 5.74) is 27.2. The summed E-state index contributed by atoms with van der Waals surface area (Å²) in [5.74, 6) is 4.09. The minimum absolute atomic E-state index is 0. The molecule has 10 nitrogen and oxygen atoms in total. The van der Waals surface area contributed by atoms with E-state index in [-0.39, 0.29) is 90.9 Å². The molecule has 0 atom stereocenters. The van der Waals surface area contributed by atoms with Gasteiger partial charge < -0.3 is 38.2 Å². The molecule has 4 aromatic heterocycles. The third-order valence-corrected chi connectivity index (χ3v) is 27.6. The number of anilines is 4. The number of benzene rings is 13. The second-order valence-corrected chi connectivity index (χ2v) is 45.7. The average molecular weight is 2200 g/mol. The van der Waals surface area contributed by atoms with Crippen molar-refractivity contribution < 1.29 is 51.6 Å². The van der Waals surface area contributed by atoms with E-state index in [0.717, 1.165) is 117 Å². The Kier molecular flexibility index (Phi) is 27.6. The molecule has 13 aromatic carbocycles. The van der Waals surface area contributed by atoms with E-state index in [9.17, 15) is 0 Å². The van der Waals surface area contributed by atoms with Crippen LogP contribution in [0.1, 0.15) is 245 Å². The molecule has 0 fully saturated rings. The Balaban J connectivity index is 0.000000199. The van der Waals surface area contributed by atoms with Gasteiger partial charge in [0.25, 0.3) is 0 Å². The Morgan fingerprint density at radius 1 is 0.250 bits per heavy atom. The fourth-order valence-corrected chi connectivity index (χ4v) is 18.5. The van der Waals surface area contributed by atoms with Crippen molar-refractivity contribution in [1.29, 1.82) is 0 Å². The van der Waals surface area contributed by atoms with Gasteiger partial charge in [-0.15, -0.1) is 107 Å². The minimum atomic E-state index is -0.257. The number of nitrogens with zero attached hydrogens (tertiary/aromatic N) is 8. The van der Waals surface area contributed by atoms with E-state index in [1.165, 1.54) is 55.6 Å². The molecule has 0 unspecified atom stereocenters. The fraction of sp³-hybridized carbons (Fsp3) is 0.266. The average Bonchev–Trinajstić information content (AvgIpc) is 1.58. The minimum Gasteiger partial charge on any atom is -0.509 e. The molecular formula is C128H130N8O2Pt2-6. The maximum Gasteiger partial charge on any atom is 0.135 e. The van der Waals surface area contributed by atoms with E-state index in [2.05, 4.69) is 537 Å². The van der Waals surface area contributed by atoms with Crippen molar-refractivity contribution in [3.8, 4) is 45.8 Å². The molecule has 2 aliphatic rings. The first-order valence-electron chi connectivity index (χ1n) is 48.6. The van der Waals surface area contributed by atoms with Crippen molar-refractivity contribution in [2.75, 3.05) is 19.6 Å². The van der Waals surface area contributed by atoms with Crippen LogP contribution in [0.25, 0.3) is 77.8 Å². The Hall–Kier alpha value is -12.6. The van der Waals surface area contributed by atoms with E-state index in [1.54, 1.807) is 0 Å². The summed E-state index contributed by atoms with van der Waals surface area (Å²) < 4.78 is 18.4. The molecule has 17 aromatic rings. The summed E-state index contributed by atoms with van der Waals surface area (Å²) >= 11 is 0. The number of hydrogen-bond donors (Lipinski definition) is 0. The van der Waals surface area contributed by atoms with Crippen LogP contribution in [0.2, 0.25) is 0 Å². The number of ether oxygens (including phenoxy) is 2. The van der Waals surface area contributed by atoms with Crippen molar-refractivity contribution in [3.63, 3.8) is 0 Å². The molecule has 0 amide bonds. The topological polar surface area (TPSA) is 67.1 Å². The zero-order valence-electron chi connectivity index (χ0n) is 85.8. The van der Waals surface area contributed by atoms with E-state index >= 15 is 0 Å². The van der Waals surface area contributed by atoms with E-state index in [1.807, 2.05) is 24.5 Å². The third kappa shape index (κ3) is 20.8. The molecule has 2 aliphatic heterocycles. The molecule has 140 heavy (non-hydrogen) atoms. The molecular weight excluding hydrogens is 2070 g/mol. The van der Waals surface area contributed by atoms with Gasteiger partial charge in [0.2, 0.25) is 0 Å². The summed E-state index contributed by atoms with van der Waals surface area (Å²) in [6.07, 6.45) is 8.36. The Labute approximate surface area is 860 Å². The predicted molar refractivity (Wildman–Crippen MR) is 579 cm³/mol. The number of pyridine rings is 2. The number of fused-ring (bicyclic) bond motifs is 6. The fourth-order valence-electron chi connectivity index (χ4n) is 18.5. The van der Waals surface area contributed by atoms with Gasteiger partial charge in [0, 0.05) is 122 Å². The van der Waals surface area contributed by atoms with Crippen LogP contribution in [0, 0.1) is 37.6 Å². The molecule has 0 N–H and O–H groups in total. The standard InChI is InChI=1S/C65H63N4O.C63H67N4O.2Pt/c1-62(2,3)49-34-50(63(4,5)6)36-52(35-49)67-42-60(45-23-17-13-18-24-45)68(43-67)53-37-51(64(7,8)9)38-55(40-53)70-54-28-29-56-57-33-46(44-21-15-12-16-22-44)27-30-58(57)69(59(56)41-54)61-39-48(31-32-66-61)65(10,11)47-25-19-14-20-26-47;1-59(2,3)44-25-28-55-54(36-44)53-27-26-51(39-56(53)67(55)58-37-45(29-30-64-58)63(13,14)43-23-19-16-20-24-43)68-52-35-48(62(10,11)12)34-50(38-52)66-41-65(40-57(66)42-21-17-15-18-22-42)49-32-46(60(4,5)6)31-47(33-49)61(7,8)9;;/h12-39,42-43H,1-11H3;15-37,40-41H,1-14H3;;/q2*-3;;. The summed E-state index contributed by atoms with van der Waals surface area (Å²) in [6, 6.07) is 122. The molecule has 0 saturated heterocycles. The van der Waals surface area contributed by atoms with Gasteiger partial charge in [0.15, 0.2) is 0 Å². The van der Waals surface area contributed by atoms with Crippen LogP contribution in [-0.4, -0.2) is 19.1 Å². The summed E-state index contributed by atoms with van der Waals surface area (Å²) in [5, 5.41) is 4.44. The van der Waals surface area contributed by atoms with E-state index < -0.39 is 0 Å². The normalized spacial score (nSPS) is 13.6.